The highest BCUT2D eigenvalue weighted by Crippen LogP contribution is 2.12. The SMILES string of the molecule is Brc1ncc[nH]1.CC(C)Br.CC(C)n1ccnc1Br. The van der Waals surface area contributed by atoms with Crippen molar-refractivity contribution in [1.82, 2.24) is 19.5 Å². The van der Waals surface area contributed by atoms with Crippen molar-refractivity contribution in [3.63, 3.8) is 0 Å². The van der Waals surface area contributed by atoms with Crippen LogP contribution in [-0.2, 0) is 0 Å². The first-order valence-electron chi connectivity index (χ1n) is 5.81. The summed E-state index contributed by atoms with van der Waals surface area (Å²) in [5.74, 6) is 0. The molecule has 0 aromatic carbocycles. The van der Waals surface area contributed by atoms with Crippen molar-refractivity contribution in [3.05, 3.63) is 34.3 Å². The van der Waals surface area contributed by atoms with Gasteiger partial charge in [-0.05, 0) is 45.7 Å². The molecular weight excluding hydrogens is 440 g/mol. The molecule has 0 amide bonds. The summed E-state index contributed by atoms with van der Waals surface area (Å²) in [6, 6.07) is 0.488. The van der Waals surface area contributed by atoms with Crippen molar-refractivity contribution in [2.24, 2.45) is 0 Å². The summed E-state index contributed by atoms with van der Waals surface area (Å²) in [7, 11) is 0. The van der Waals surface area contributed by atoms with Crippen molar-refractivity contribution < 1.29 is 0 Å². The molecule has 19 heavy (non-hydrogen) atoms. The molecule has 0 aliphatic rings. The zero-order valence-electron chi connectivity index (χ0n) is 11.4. The van der Waals surface area contributed by atoms with Gasteiger partial charge in [0.05, 0.1) is 0 Å². The number of nitrogens with one attached hydrogen (secondary N) is 1. The summed E-state index contributed by atoms with van der Waals surface area (Å²) >= 11 is 9.70. The average molecular weight is 459 g/mol. The molecule has 108 valence electrons. The van der Waals surface area contributed by atoms with Gasteiger partial charge in [-0.2, -0.15) is 0 Å². The Kier molecular flexibility index (Phi) is 10.5. The van der Waals surface area contributed by atoms with Crippen LogP contribution in [0.1, 0.15) is 33.7 Å². The van der Waals surface area contributed by atoms with Gasteiger partial charge in [-0.1, -0.05) is 29.8 Å². The first-order valence-corrected chi connectivity index (χ1v) is 8.32. The third kappa shape index (κ3) is 10.3. The van der Waals surface area contributed by atoms with Crippen LogP contribution in [0, 0.1) is 0 Å². The number of alkyl halides is 1. The van der Waals surface area contributed by atoms with Gasteiger partial charge < -0.3 is 9.55 Å². The van der Waals surface area contributed by atoms with Crippen LogP contribution in [0.5, 0.6) is 0 Å². The number of aromatic nitrogens is 4. The van der Waals surface area contributed by atoms with E-state index in [4.69, 9.17) is 0 Å². The van der Waals surface area contributed by atoms with Crippen LogP contribution < -0.4 is 0 Å². The lowest BCUT2D eigenvalue weighted by molar-refractivity contribution is 0.587. The molecule has 4 nitrogen and oxygen atoms in total. The van der Waals surface area contributed by atoms with Crippen LogP contribution in [0.25, 0.3) is 0 Å². The average Bonchev–Trinajstić information content (AvgIpc) is 2.89. The summed E-state index contributed by atoms with van der Waals surface area (Å²) in [5, 5.41) is 0. The Morgan fingerprint density at radius 2 is 1.68 bits per heavy atom. The zero-order valence-corrected chi connectivity index (χ0v) is 16.2. The van der Waals surface area contributed by atoms with Crippen molar-refractivity contribution in [3.8, 4) is 0 Å². The summed E-state index contributed by atoms with van der Waals surface area (Å²) in [5.41, 5.74) is 0. The van der Waals surface area contributed by atoms with Gasteiger partial charge in [0, 0.05) is 35.7 Å². The molecule has 2 heterocycles. The number of halogens is 3. The smallest absolute Gasteiger partial charge is 0.177 e. The van der Waals surface area contributed by atoms with E-state index in [0.29, 0.717) is 10.9 Å². The highest BCUT2D eigenvalue weighted by molar-refractivity contribution is 9.10. The largest absolute Gasteiger partial charge is 0.339 e. The number of rotatable bonds is 1. The van der Waals surface area contributed by atoms with Gasteiger partial charge in [0.25, 0.3) is 0 Å². The number of H-pyrrole nitrogens is 1. The standard InChI is InChI=1S/C6H9BrN2.C3H3BrN2.C3H7Br/c1-5(2)9-4-3-8-6(9)7;4-3-5-1-2-6-3;1-3(2)4/h3-5H,1-2H3;1-2H,(H,5,6);3H,1-2H3. The van der Waals surface area contributed by atoms with E-state index in [0.717, 1.165) is 9.47 Å². The lowest BCUT2D eigenvalue weighted by Crippen LogP contribution is -1.98. The molecule has 2 rings (SSSR count). The van der Waals surface area contributed by atoms with E-state index in [1.807, 2.05) is 6.20 Å². The van der Waals surface area contributed by atoms with Gasteiger partial charge in [0.2, 0.25) is 0 Å². The quantitative estimate of drug-likeness (QED) is 0.598. The fraction of sp³-hybridized carbons (Fsp3) is 0.500. The van der Waals surface area contributed by atoms with E-state index >= 15 is 0 Å². The van der Waals surface area contributed by atoms with Crippen LogP contribution in [0.15, 0.2) is 34.3 Å². The Bertz CT molecular complexity index is 421. The fourth-order valence-electron chi connectivity index (χ4n) is 0.926. The predicted octanol–water partition coefficient (Wildman–Crippen LogP) is 5.19. The number of hydrogen-bond acceptors (Lipinski definition) is 2. The second-order valence-corrected chi connectivity index (χ2v) is 7.38. The molecule has 7 heteroatoms. The molecule has 0 saturated carbocycles. The van der Waals surface area contributed by atoms with Crippen molar-refractivity contribution in [2.75, 3.05) is 0 Å². The van der Waals surface area contributed by atoms with Gasteiger partial charge in [-0.3, -0.25) is 0 Å². The van der Waals surface area contributed by atoms with Crippen LogP contribution in [0.2, 0.25) is 0 Å². The molecule has 0 atom stereocenters. The van der Waals surface area contributed by atoms with Gasteiger partial charge >= 0.3 is 0 Å². The van der Waals surface area contributed by atoms with Crippen LogP contribution in [0.4, 0.5) is 0 Å². The molecule has 0 fully saturated rings. The molecule has 0 radical (unpaired) electrons. The zero-order chi connectivity index (χ0) is 14.8. The van der Waals surface area contributed by atoms with Gasteiger partial charge in [-0.15, -0.1) is 0 Å². The Morgan fingerprint density at radius 1 is 1.11 bits per heavy atom. The molecule has 2 aromatic heterocycles. The molecule has 2 aromatic rings. The summed E-state index contributed by atoms with van der Waals surface area (Å²) in [6.07, 6.45) is 7.17. The Hall–Kier alpha value is -0.140. The van der Waals surface area contributed by atoms with E-state index in [2.05, 4.69) is 95.0 Å². The molecule has 0 aliphatic carbocycles. The van der Waals surface area contributed by atoms with E-state index in [1.54, 1.807) is 18.6 Å². The molecule has 0 spiro atoms. The third-order valence-corrected chi connectivity index (χ3v) is 2.69. The first-order chi connectivity index (χ1) is 8.84. The maximum atomic E-state index is 4.02. The number of aromatic amines is 1. The van der Waals surface area contributed by atoms with Crippen LogP contribution in [-0.4, -0.2) is 24.3 Å². The van der Waals surface area contributed by atoms with Crippen molar-refractivity contribution >= 4 is 47.8 Å². The van der Waals surface area contributed by atoms with Crippen molar-refractivity contribution in [2.45, 2.75) is 38.6 Å². The second kappa shape index (κ2) is 10.6. The van der Waals surface area contributed by atoms with Gasteiger partial charge in [0.1, 0.15) is 0 Å². The molecule has 1 N–H and O–H groups in total. The minimum atomic E-state index is 0.488. The topological polar surface area (TPSA) is 46.5 Å². The summed E-state index contributed by atoms with van der Waals surface area (Å²) in [6.45, 7) is 8.40. The van der Waals surface area contributed by atoms with Crippen LogP contribution in [0.3, 0.4) is 0 Å². The highest BCUT2D eigenvalue weighted by Gasteiger charge is 1.99. The fourth-order valence-corrected chi connectivity index (χ4v) is 1.82. The minimum Gasteiger partial charge on any atom is -0.339 e. The minimum absolute atomic E-state index is 0.488. The van der Waals surface area contributed by atoms with E-state index in [9.17, 15) is 0 Å². The first kappa shape index (κ1) is 18.9. The lowest BCUT2D eigenvalue weighted by Gasteiger charge is -2.05. The molecule has 0 saturated heterocycles. The van der Waals surface area contributed by atoms with E-state index in [-0.39, 0.29) is 0 Å². The predicted molar refractivity (Wildman–Crippen MR) is 90.7 cm³/mol. The Balaban J connectivity index is 0.000000281. The lowest BCUT2D eigenvalue weighted by atomic mass is 10.4. The van der Waals surface area contributed by atoms with Gasteiger partial charge in [-0.25, -0.2) is 9.97 Å². The molecule has 0 bridgehead atoms. The summed E-state index contributed by atoms with van der Waals surface area (Å²) in [4.78, 5) is 11.2. The monoisotopic (exact) mass is 456 g/mol. The van der Waals surface area contributed by atoms with Gasteiger partial charge in [0.15, 0.2) is 9.47 Å². The van der Waals surface area contributed by atoms with E-state index < -0.39 is 0 Å². The molecule has 0 unspecified atom stereocenters. The number of hydrogen-bond donors (Lipinski definition) is 1. The second-order valence-electron chi connectivity index (χ2n) is 4.09. The third-order valence-electron chi connectivity index (χ3n) is 1.64. The number of imidazole rings is 2. The van der Waals surface area contributed by atoms with Crippen LogP contribution >= 0.6 is 47.8 Å². The molecule has 0 aliphatic heterocycles. The normalized spacial score (nSPS) is 9.74. The molecular formula is C12H19Br3N4. The maximum absolute atomic E-state index is 4.02. The Morgan fingerprint density at radius 3 is 1.84 bits per heavy atom. The van der Waals surface area contributed by atoms with Crippen molar-refractivity contribution in [1.29, 1.82) is 0 Å². The van der Waals surface area contributed by atoms with E-state index in [1.165, 1.54) is 0 Å². The summed E-state index contributed by atoms with van der Waals surface area (Å²) < 4.78 is 3.74. The maximum Gasteiger partial charge on any atom is 0.177 e. The Labute approximate surface area is 139 Å². The number of nitrogens with zero attached hydrogens (tertiary/aromatic N) is 3. The highest BCUT2D eigenvalue weighted by atomic mass is 79.9.